The number of fused-ring (bicyclic) bond motifs is 1. The van der Waals surface area contributed by atoms with E-state index in [4.69, 9.17) is 11.6 Å². The predicted octanol–water partition coefficient (Wildman–Crippen LogP) is 6.36. The van der Waals surface area contributed by atoms with Crippen molar-refractivity contribution in [3.8, 4) is 0 Å². The molecule has 0 fully saturated rings. The van der Waals surface area contributed by atoms with Crippen molar-refractivity contribution in [1.82, 2.24) is 9.88 Å². The quantitative estimate of drug-likeness (QED) is 0.294. The van der Waals surface area contributed by atoms with Crippen molar-refractivity contribution in [2.45, 2.75) is 30.7 Å². The average molecular weight is 463 g/mol. The van der Waals surface area contributed by atoms with Crippen LogP contribution in [0.5, 0.6) is 0 Å². The molecule has 0 radical (unpaired) electrons. The zero-order valence-corrected chi connectivity index (χ0v) is 19.8. The number of nitrogens with one attached hydrogen (secondary N) is 1. The minimum absolute atomic E-state index is 0.0914. The zero-order chi connectivity index (χ0) is 22.3. The van der Waals surface area contributed by atoms with E-state index in [1.54, 1.807) is 11.8 Å². The van der Waals surface area contributed by atoms with E-state index in [2.05, 4.69) is 64.8 Å². The Morgan fingerprint density at radius 3 is 2.47 bits per heavy atom. The minimum atomic E-state index is 0.0914. The number of para-hydroxylation sites is 1. The highest BCUT2D eigenvalue weighted by atomic mass is 35.5. The van der Waals surface area contributed by atoms with Gasteiger partial charge in [-0.15, -0.1) is 11.8 Å². The van der Waals surface area contributed by atoms with Gasteiger partial charge >= 0.3 is 0 Å². The molecule has 0 bridgehead atoms. The number of aryl methyl sites for hydroxylation is 1. The first kappa shape index (κ1) is 22.5. The molecular formula is C27H27ClN2OS. The highest BCUT2D eigenvalue weighted by molar-refractivity contribution is 7.98. The van der Waals surface area contributed by atoms with Gasteiger partial charge in [0.2, 0.25) is 5.91 Å². The molecule has 1 aromatic heterocycles. The van der Waals surface area contributed by atoms with Crippen LogP contribution in [0.2, 0.25) is 5.02 Å². The molecule has 0 saturated carbocycles. The lowest BCUT2D eigenvalue weighted by atomic mass is 10.1. The van der Waals surface area contributed by atoms with Crippen molar-refractivity contribution in [2.24, 2.45) is 0 Å². The lowest BCUT2D eigenvalue weighted by Crippen LogP contribution is -2.25. The number of benzene rings is 3. The number of carbonyl (C=O) groups is 1. The molecule has 4 rings (SSSR count). The predicted molar refractivity (Wildman–Crippen MR) is 136 cm³/mol. The number of amides is 1. The second kappa shape index (κ2) is 10.8. The number of hydrogen-bond acceptors (Lipinski definition) is 2. The fraction of sp³-hybridized carbons (Fsp3) is 0.222. The molecule has 0 unspecified atom stereocenters. The van der Waals surface area contributed by atoms with Crippen molar-refractivity contribution in [3.05, 3.63) is 101 Å². The van der Waals surface area contributed by atoms with Crippen LogP contribution in [0.4, 0.5) is 0 Å². The van der Waals surface area contributed by atoms with Gasteiger partial charge in [0, 0.05) is 46.5 Å². The van der Waals surface area contributed by atoms with Crippen molar-refractivity contribution < 1.29 is 4.79 Å². The summed E-state index contributed by atoms with van der Waals surface area (Å²) >= 11 is 8.11. The molecule has 1 heterocycles. The third-order valence-electron chi connectivity index (χ3n) is 5.69. The Bertz CT molecular complexity index is 1200. The zero-order valence-electron chi connectivity index (χ0n) is 18.2. The number of halogens is 1. The van der Waals surface area contributed by atoms with Gasteiger partial charge in [-0.25, -0.2) is 0 Å². The van der Waals surface area contributed by atoms with Crippen LogP contribution < -0.4 is 5.32 Å². The monoisotopic (exact) mass is 462 g/mol. The van der Waals surface area contributed by atoms with Crippen LogP contribution in [0.1, 0.15) is 23.1 Å². The standard InChI is InChI=1S/C27H27ClN2OS/c1-32-23-13-10-20(11-14-23)16-17-29-27(31)15-12-21-18-30(26-9-5-3-7-24(21)26)19-22-6-2-4-8-25(22)28/h2-11,13-14,18H,12,15-17,19H2,1H3,(H,29,31). The van der Waals surface area contributed by atoms with Crippen LogP contribution in [0.3, 0.4) is 0 Å². The van der Waals surface area contributed by atoms with Crippen LogP contribution in [0, 0.1) is 0 Å². The molecule has 1 amide bonds. The first-order valence-corrected chi connectivity index (χ1v) is 12.4. The van der Waals surface area contributed by atoms with Gasteiger partial charge in [0.1, 0.15) is 0 Å². The van der Waals surface area contributed by atoms with Crippen molar-refractivity contribution in [3.63, 3.8) is 0 Å². The summed E-state index contributed by atoms with van der Waals surface area (Å²) in [5.41, 5.74) is 4.68. The van der Waals surface area contributed by atoms with Gasteiger partial charge in [0.25, 0.3) is 0 Å². The second-order valence-electron chi connectivity index (χ2n) is 7.84. The van der Waals surface area contributed by atoms with Gasteiger partial charge in [-0.2, -0.15) is 0 Å². The lowest BCUT2D eigenvalue weighted by molar-refractivity contribution is -0.121. The molecule has 164 valence electrons. The molecule has 0 atom stereocenters. The Hall–Kier alpha value is -2.69. The molecule has 32 heavy (non-hydrogen) atoms. The Labute approximate surface area is 198 Å². The van der Waals surface area contributed by atoms with Gasteiger partial charge in [0.05, 0.1) is 0 Å². The molecule has 0 spiro atoms. The van der Waals surface area contributed by atoms with Gasteiger partial charge in [0.15, 0.2) is 0 Å². The fourth-order valence-electron chi connectivity index (χ4n) is 3.94. The Morgan fingerprint density at radius 2 is 1.69 bits per heavy atom. The lowest BCUT2D eigenvalue weighted by Gasteiger charge is -2.07. The van der Waals surface area contributed by atoms with E-state index in [1.807, 2.05) is 30.3 Å². The number of carbonyl (C=O) groups excluding carboxylic acids is 1. The number of rotatable bonds is 9. The summed E-state index contributed by atoms with van der Waals surface area (Å²) in [4.78, 5) is 13.7. The largest absolute Gasteiger partial charge is 0.356 e. The SMILES string of the molecule is CSc1ccc(CCNC(=O)CCc2cn(Cc3ccccc3Cl)c3ccccc23)cc1. The van der Waals surface area contributed by atoms with Crippen LogP contribution in [-0.2, 0) is 24.2 Å². The summed E-state index contributed by atoms with van der Waals surface area (Å²) in [7, 11) is 0. The molecule has 1 N–H and O–H groups in total. The normalized spacial score (nSPS) is 11.1. The van der Waals surface area contributed by atoms with E-state index in [0.29, 0.717) is 25.9 Å². The maximum absolute atomic E-state index is 12.4. The van der Waals surface area contributed by atoms with E-state index >= 15 is 0 Å². The highest BCUT2D eigenvalue weighted by Gasteiger charge is 2.11. The summed E-state index contributed by atoms with van der Waals surface area (Å²) < 4.78 is 2.22. The molecule has 0 aliphatic rings. The summed E-state index contributed by atoms with van der Waals surface area (Å²) in [5.74, 6) is 0.0914. The van der Waals surface area contributed by atoms with Crippen molar-refractivity contribution in [2.75, 3.05) is 12.8 Å². The number of nitrogens with zero attached hydrogens (tertiary/aromatic N) is 1. The third kappa shape index (κ3) is 5.56. The summed E-state index contributed by atoms with van der Waals surface area (Å²) in [6.45, 7) is 1.37. The van der Waals surface area contributed by atoms with E-state index in [0.717, 1.165) is 22.5 Å². The maximum Gasteiger partial charge on any atom is 0.220 e. The number of thioether (sulfide) groups is 1. The fourth-order valence-corrected chi connectivity index (χ4v) is 4.54. The first-order chi connectivity index (χ1) is 15.6. The summed E-state index contributed by atoms with van der Waals surface area (Å²) in [6, 6.07) is 24.8. The average Bonchev–Trinajstić information content (AvgIpc) is 3.17. The molecule has 5 heteroatoms. The molecular weight excluding hydrogens is 436 g/mol. The summed E-state index contributed by atoms with van der Waals surface area (Å²) in [6.07, 6.45) is 6.27. The van der Waals surface area contributed by atoms with Gasteiger partial charge in [-0.3, -0.25) is 4.79 Å². The van der Waals surface area contributed by atoms with Crippen molar-refractivity contribution in [1.29, 1.82) is 0 Å². The first-order valence-electron chi connectivity index (χ1n) is 10.8. The summed E-state index contributed by atoms with van der Waals surface area (Å²) in [5, 5.41) is 5.03. The molecule has 3 aromatic carbocycles. The second-order valence-corrected chi connectivity index (χ2v) is 9.13. The highest BCUT2D eigenvalue weighted by Crippen LogP contribution is 2.25. The van der Waals surface area contributed by atoms with Crippen LogP contribution >= 0.6 is 23.4 Å². The number of hydrogen-bond donors (Lipinski definition) is 1. The van der Waals surface area contributed by atoms with Crippen LogP contribution in [0.25, 0.3) is 10.9 Å². The van der Waals surface area contributed by atoms with Gasteiger partial charge < -0.3 is 9.88 Å². The van der Waals surface area contributed by atoms with Crippen LogP contribution in [0.15, 0.2) is 83.9 Å². The number of aromatic nitrogens is 1. The third-order valence-corrected chi connectivity index (χ3v) is 6.80. The van der Waals surface area contributed by atoms with E-state index in [-0.39, 0.29) is 5.91 Å². The van der Waals surface area contributed by atoms with Gasteiger partial charge in [-0.05, 0) is 60.1 Å². The molecule has 3 nitrogen and oxygen atoms in total. The molecule has 0 aliphatic heterocycles. The minimum Gasteiger partial charge on any atom is -0.356 e. The smallest absolute Gasteiger partial charge is 0.220 e. The van der Waals surface area contributed by atoms with E-state index in [9.17, 15) is 4.79 Å². The molecule has 0 aliphatic carbocycles. The Kier molecular flexibility index (Phi) is 7.56. The topological polar surface area (TPSA) is 34.0 Å². The maximum atomic E-state index is 12.4. The van der Waals surface area contributed by atoms with Crippen LogP contribution in [-0.4, -0.2) is 23.3 Å². The van der Waals surface area contributed by atoms with Gasteiger partial charge in [-0.1, -0.05) is 60.1 Å². The molecule has 4 aromatic rings. The van der Waals surface area contributed by atoms with E-state index in [1.165, 1.54) is 21.4 Å². The Balaban J connectivity index is 1.36. The van der Waals surface area contributed by atoms with Crippen molar-refractivity contribution >= 4 is 40.2 Å². The molecule has 0 saturated heterocycles. The Morgan fingerprint density at radius 1 is 0.938 bits per heavy atom. The van der Waals surface area contributed by atoms with E-state index < -0.39 is 0 Å².